The van der Waals surface area contributed by atoms with E-state index in [1.165, 1.54) is 5.56 Å². The van der Waals surface area contributed by atoms with E-state index in [9.17, 15) is 4.79 Å². The molecule has 0 aliphatic rings. The molecule has 1 atom stereocenters. The highest BCUT2D eigenvalue weighted by atomic mass is 32.2. The zero-order chi connectivity index (χ0) is 14.0. The van der Waals surface area contributed by atoms with E-state index in [0.717, 1.165) is 24.4 Å². The van der Waals surface area contributed by atoms with Crippen LogP contribution in [0.4, 0.5) is 0 Å². The van der Waals surface area contributed by atoms with Gasteiger partial charge in [0.2, 0.25) is 0 Å². The summed E-state index contributed by atoms with van der Waals surface area (Å²) in [6.07, 6.45) is 1.03. The molecule has 0 fully saturated rings. The zero-order valence-corrected chi connectivity index (χ0v) is 13.0. The van der Waals surface area contributed by atoms with Crippen molar-refractivity contribution in [2.24, 2.45) is 0 Å². The van der Waals surface area contributed by atoms with Gasteiger partial charge in [-0.15, -0.1) is 0 Å². The van der Waals surface area contributed by atoms with Crippen molar-refractivity contribution in [3.8, 4) is 0 Å². The lowest BCUT2D eigenvalue weighted by molar-refractivity contribution is 0.520. The van der Waals surface area contributed by atoms with Crippen molar-refractivity contribution in [1.82, 2.24) is 4.31 Å². The number of carbonyl (C=O) groups excluding carboxylic acids is 1. The van der Waals surface area contributed by atoms with E-state index in [2.05, 4.69) is 42.4 Å². The van der Waals surface area contributed by atoms with Gasteiger partial charge < -0.3 is 0 Å². The molecule has 1 rings (SSSR count). The first kappa shape index (κ1) is 17.1. The second-order valence-corrected chi connectivity index (χ2v) is 5.20. The molecule has 0 aliphatic heterocycles. The fourth-order valence-corrected chi connectivity index (χ4v) is 3.00. The Bertz CT molecular complexity index is 376. The molecule has 18 heavy (non-hydrogen) atoms. The van der Waals surface area contributed by atoms with E-state index in [-0.39, 0.29) is 0 Å². The second kappa shape index (κ2) is 10.1. The summed E-state index contributed by atoms with van der Waals surface area (Å²) in [5, 5.41) is 2.16. The third-order valence-electron chi connectivity index (χ3n) is 2.60. The fraction of sp³-hybridized carbons (Fsp3) is 0.533. The lowest BCUT2D eigenvalue weighted by Gasteiger charge is -2.20. The Kier molecular flexibility index (Phi) is 9.57. The lowest BCUT2D eigenvalue weighted by atomic mass is 10.2. The van der Waals surface area contributed by atoms with E-state index < -0.39 is 10.7 Å². The third-order valence-corrected chi connectivity index (χ3v) is 4.51. The Hall–Kier alpha value is -0.890. The van der Waals surface area contributed by atoms with Crippen LogP contribution in [-0.4, -0.2) is 22.6 Å². The van der Waals surface area contributed by atoms with Gasteiger partial charge in [0.1, 0.15) is 0 Å². The number of benzene rings is 1. The van der Waals surface area contributed by atoms with Crippen LogP contribution in [0.1, 0.15) is 40.2 Å². The summed E-state index contributed by atoms with van der Waals surface area (Å²) in [4.78, 5) is 12.1. The summed E-state index contributed by atoms with van der Waals surface area (Å²) in [5.74, 6) is 0. The molecule has 0 N–H and O–H groups in total. The van der Waals surface area contributed by atoms with Crippen LogP contribution in [0, 0.1) is 0 Å². The van der Waals surface area contributed by atoms with Crippen molar-refractivity contribution in [3.05, 3.63) is 29.8 Å². The molecule has 0 heterocycles. The van der Waals surface area contributed by atoms with Gasteiger partial charge >= 0.3 is 0 Å². The lowest BCUT2D eigenvalue weighted by Crippen LogP contribution is -2.16. The molecule has 0 aliphatic carbocycles. The Morgan fingerprint density at radius 1 is 1.06 bits per heavy atom. The number of nitrogens with zero attached hydrogens (tertiary/aromatic N) is 1. The SMILES string of the molecule is CC.CCc1ccc(S(=C=O)N(CC)CC)cc1. The smallest absolute Gasteiger partial charge is 0.175 e. The maximum atomic E-state index is 11.1. The van der Waals surface area contributed by atoms with Crippen molar-refractivity contribution < 1.29 is 4.79 Å². The summed E-state index contributed by atoms with van der Waals surface area (Å²) in [6.45, 7) is 12.0. The van der Waals surface area contributed by atoms with Crippen molar-refractivity contribution in [1.29, 1.82) is 0 Å². The van der Waals surface area contributed by atoms with Crippen molar-refractivity contribution >= 4 is 15.9 Å². The van der Waals surface area contributed by atoms with Gasteiger partial charge in [0.15, 0.2) is 5.23 Å². The predicted molar refractivity (Wildman–Crippen MR) is 81.6 cm³/mol. The van der Waals surface area contributed by atoms with Crippen LogP contribution in [0.5, 0.6) is 0 Å². The third kappa shape index (κ3) is 4.77. The van der Waals surface area contributed by atoms with Gasteiger partial charge in [0, 0.05) is 18.0 Å². The largest absolute Gasteiger partial charge is 0.244 e. The van der Waals surface area contributed by atoms with E-state index >= 15 is 0 Å². The maximum Gasteiger partial charge on any atom is 0.175 e. The van der Waals surface area contributed by atoms with Gasteiger partial charge in [-0.1, -0.05) is 46.8 Å². The summed E-state index contributed by atoms with van der Waals surface area (Å²) >= 11 is 0. The minimum atomic E-state index is -0.515. The Morgan fingerprint density at radius 2 is 1.56 bits per heavy atom. The highest BCUT2D eigenvalue weighted by Gasteiger charge is 2.08. The Morgan fingerprint density at radius 3 is 1.89 bits per heavy atom. The van der Waals surface area contributed by atoms with Gasteiger partial charge in [-0.25, -0.2) is 9.10 Å². The molecule has 102 valence electrons. The molecule has 0 amide bonds. The van der Waals surface area contributed by atoms with Crippen molar-refractivity contribution in [2.45, 2.75) is 45.9 Å². The first-order chi connectivity index (χ1) is 8.76. The molecule has 0 saturated heterocycles. The minimum Gasteiger partial charge on any atom is -0.244 e. The van der Waals surface area contributed by atoms with E-state index in [4.69, 9.17) is 0 Å². The molecule has 0 saturated carbocycles. The Balaban J connectivity index is 0.00000137. The Labute approximate surface area is 114 Å². The predicted octanol–water partition coefficient (Wildman–Crippen LogP) is 4.23. The van der Waals surface area contributed by atoms with Crippen LogP contribution in [0.25, 0.3) is 0 Å². The minimum absolute atomic E-state index is 0.515. The fourth-order valence-electron chi connectivity index (χ4n) is 1.59. The van der Waals surface area contributed by atoms with Gasteiger partial charge in [-0.05, 0) is 34.8 Å². The normalized spacial score (nSPS) is 11.4. The van der Waals surface area contributed by atoms with Crippen LogP contribution in [0.2, 0.25) is 0 Å². The summed E-state index contributed by atoms with van der Waals surface area (Å²) in [7, 11) is -0.515. The van der Waals surface area contributed by atoms with Crippen LogP contribution >= 0.6 is 10.7 Å². The van der Waals surface area contributed by atoms with Crippen LogP contribution in [0.15, 0.2) is 29.2 Å². The van der Waals surface area contributed by atoms with Crippen molar-refractivity contribution in [3.63, 3.8) is 0 Å². The molecule has 1 aromatic rings. The molecule has 2 nitrogen and oxygen atoms in total. The summed E-state index contributed by atoms with van der Waals surface area (Å²) in [5.41, 5.74) is 1.30. The molecule has 1 unspecified atom stereocenters. The molecule has 3 heteroatoms. The van der Waals surface area contributed by atoms with Crippen LogP contribution in [0.3, 0.4) is 0 Å². The quantitative estimate of drug-likeness (QED) is 0.744. The van der Waals surface area contributed by atoms with Crippen molar-refractivity contribution in [2.75, 3.05) is 13.1 Å². The second-order valence-electron chi connectivity index (χ2n) is 3.48. The summed E-state index contributed by atoms with van der Waals surface area (Å²) < 4.78 is 2.13. The first-order valence-electron chi connectivity index (χ1n) is 6.72. The summed E-state index contributed by atoms with van der Waals surface area (Å²) in [6, 6.07) is 8.28. The zero-order valence-electron chi connectivity index (χ0n) is 12.2. The molecule has 0 spiro atoms. The molecular formula is C15H25NOS. The number of hydrogen-bond acceptors (Lipinski definition) is 2. The number of aryl methyl sites for hydroxylation is 1. The van der Waals surface area contributed by atoms with Gasteiger partial charge in [0.25, 0.3) is 0 Å². The van der Waals surface area contributed by atoms with E-state index in [0.29, 0.717) is 0 Å². The van der Waals surface area contributed by atoms with Gasteiger partial charge in [0.05, 0.1) is 0 Å². The topological polar surface area (TPSA) is 20.3 Å². The first-order valence-corrected chi connectivity index (χ1v) is 7.91. The highest BCUT2D eigenvalue weighted by Crippen LogP contribution is 2.29. The standard InChI is InChI=1S/C13H19NOS.C2H6/c1-4-12-7-9-13(10-8-12)16(11-15)14(5-2)6-3;1-2/h7-10H,4-6H2,1-3H3;1-2H3. The number of hydrogen-bond donors (Lipinski definition) is 0. The average Bonchev–Trinajstić information content (AvgIpc) is 2.47. The molecular weight excluding hydrogens is 242 g/mol. The molecule has 1 aromatic carbocycles. The molecule has 0 radical (unpaired) electrons. The van der Waals surface area contributed by atoms with Gasteiger partial charge in [-0.2, -0.15) is 0 Å². The number of rotatable bonds is 5. The van der Waals surface area contributed by atoms with Gasteiger partial charge in [-0.3, -0.25) is 0 Å². The van der Waals surface area contributed by atoms with E-state index in [1.807, 2.05) is 26.0 Å². The van der Waals surface area contributed by atoms with Crippen LogP contribution in [-0.2, 0) is 11.2 Å². The maximum absolute atomic E-state index is 11.1. The van der Waals surface area contributed by atoms with E-state index in [1.54, 1.807) is 0 Å². The molecule has 0 bridgehead atoms. The molecule has 0 aromatic heterocycles. The average molecular weight is 267 g/mol. The monoisotopic (exact) mass is 267 g/mol. The highest BCUT2D eigenvalue weighted by molar-refractivity contribution is 8.12. The van der Waals surface area contributed by atoms with Crippen LogP contribution < -0.4 is 0 Å².